The molecule has 0 amide bonds. The van der Waals surface area contributed by atoms with E-state index in [0.29, 0.717) is 10.6 Å². The van der Waals surface area contributed by atoms with E-state index < -0.39 is 25.2 Å². The summed E-state index contributed by atoms with van der Waals surface area (Å²) in [5, 5.41) is 8.56. The highest BCUT2D eigenvalue weighted by Crippen LogP contribution is 2.20. The molecule has 1 heterocycles. The number of hydrogen-bond donors (Lipinski definition) is 1. The molecule has 0 saturated carbocycles. The maximum atomic E-state index is 12.3. The van der Waals surface area contributed by atoms with Gasteiger partial charge >= 0.3 is 12.1 Å². The van der Waals surface area contributed by atoms with Gasteiger partial charge in [-0.3, -0.25) is 4.79 Å². The molecular weight excluding hydrogens is 239 g/mol. The monoisotopic (exact) mass is 249 g/mol. The number of nitrogens with zero attached hydrogens (tertiary/aromatic N) is 3. The zero-order valence-electron chi connectivity index (χ0n) is 8.90. The summed E-state index contributed by atoms with van der Waals surface area (Å²) in [6.07, 6.45) is -3.40. The van der Waals surface area contributed by atoms with Gasteiger partial charge in [0.15, 0.2) is 0 Å². The van der Waals surface area contributed by atoms with Gasteiger partial charge in [-0.2, -0.15) is 13.2 Å². The smallest absolute Gasteiger partial charge is 0.405 e. The average molecular weight is 249 g/mol. The Morgan fingerprint density at radius 1 is 1.47 bits per heavy atom. The second kappa shape index (κ2) is 4.98. The van der Waals surface area contributed by atoms with Crippen molar-refractivity contribution in [1.82, 2.24) is 9.97 Å². The number of anilines is 1. The van der Waals surface area contributed by atoms with Gasteiger partial charge in [0.25, 0.3) is 0 Å². The molecule has 17 heavy (non-hydrogen) atoms. The molecule has 0 aromatic carbocycles. The second-order valence-electron chi connectivity index (χ2n) is 3.38. The number of carboxylic acid groups (broad SMARTS) is 1. The minimum atomic E-state index is -4.49. The van der Waals surface area contributed by atoms with Gasteiger partial charge in [0.2, 0.25) is 0 Å². The lowest BCUT2D eigenvalue weighted by Crippen LogP contribution is -2.38. The lowest BCUT2D eigenvalue weighted by atomic mass is 10.3. The Morgan fingerprint density at radius 3 is 2.59 bits per heavy atom. The lowest BCUT2D eigenvalue weighted by Gasteiger charge is -2.22. The van der Waals surface area contributed by atoms with E-state index in [-0.39, 0.29) is 5.82 Å². The Hall–Kier alpha value is -1.86. The van der Waals surface area contributed by atoms with Gasteiger partial charge in [-0.25, -0.2) is 9.97 Å². The molecule has 0 radical (unpaired) electrons. The van der Waals surface area contributed by atoms with E-state index in [9.17, 15) is 18.0 Å². The Morgan fingerprint density at radius 2 is 2.12 bits per heavy atom. The predicted molar refractivity (Wildman–Crippen MR) is 52.7 cm³/mol. The van der Waals surface area contributed by atoms with Crippen molar-refractivity contribution in [2.75, 3.05) is 18.0 Å². The van der Waals surface area contributed by atoms with Crippen LogP contribution in [-0.4, -0.2) is 40.3 Å². The van der Waals surface area contributed by atoms with Crippen LogP contribution in [0.3, 0.4) is 0 Å². The zero-order chi connectivity index (χ0) is 13.1. The minimum Gasteiger partial charge on any atom is -0.480 e. The van der Waals surface area contributed by atoms with Crippen molar-refractivity contribution in [3.8, 4) is 0 Å². The molecule has 0 saturated heterocycles. The Labute approximate surface area is 94.9 Å². The highest BCUT2D eigenvalue weighted by molar-refractivity contribution is 5.73. The molecule has 0 bridgehead atoms. The zero-order valence-corrected chi connectivity index (χ0v) is 8.90. The SMILES string of the molecule is Cc1cc(N(CC(=O)O)CC(F)(F)F)ncn1. The van der Waals surface area contributed by atoms with Gasteiger partial charge in [-0.1, -0.05) is 0 Å². The maximum absolute atomic E-state index is 12.3. The fraction of sp³-hybridized carbons (Fsp3) is 0.444. The standard InChI is InChI=1S/C9H10F3N3O2/c1-6-2-7(14-5-13-6)15(3-8(16)17)4-9(10,11)12/h2,5H,3-4H2,1H3,(H,16,17). The van der Waals surface area contributed by atoms with Crippen LogP contribution < -0.4 is 4.90 Å². The minimum absolute atomic E-state index is 0.0581. The molecule has 8 heteroatoms. The van der Waals surface area contributed by atoms with Crippen LogP contribution in [0.15, 0.2) is 12.4 Å². The summed E-state index contributed by atoms with van der Waals surface area (Å²) >= 11 is 0. The lowest BCUT2D eigenvalue weighted by molar-refractivity contribution is -0.136. The third-order valence-electron chi connectivity index (χ3n) is 1.81. The number of alkyl halides is 3. The predicted octanol–water partition coefficient (Wildman–Crippen LogP) is 1.24. The van der Waals surface area contributed by atoms with E-state index in [0.717, 1.165) is 6.33 Å². The van der Waals surface area contributed by atoms with E-state index in [1.54, 1.807) is 6.92 Å². The summed E-state index contributed by atoms with van der Waals surface area (Å²) < 4.78 is 36.8. The largest absolute Gasteiger partial charge is 0.480 e. The van der Waals surface area contributed by atoms with Crippen LogP contribution in [0.25, 0.3) is 0 Å². The van der Waals surface area contributed by atoms with Crippen molar-refractivity contribution < 1.29 is 23.1 Å². The van der Waals surface area contributed by atoms with Crippen LogP contribution in [0.2, 0.25) is 0 Å². The molecule has 1 N–H and O–H groups in total. The van der Waals surface area contributed by atoms with Crippen LogP contribution in [0.4, 0.5) is 19.0 Å². The van der Waals surface area contributed by atoms with Crippen molar-refractivity contribution in [2.45, 2.75) is 13.1 Å². The average Bonchev–Trinajstić information content (AvgIpc) is 2.13. The Balaban J connectivity index is 2.93. The number of aryl methyl sites for hydroxylation is 1. The molecule has 0 aliphatic rings. The number of aromatic nitrogens is 2. The molecule has 1 aromatic heterocycles. The quantitative estimate of drug-likeness (QED) is 0.869. The van der Waals surface area contributed by atoms with E-state index >= 15 is 0 Å². The van der Waals surface area contributed by atoms with Crippen LogP contribution in [0.1, 0.15) is 5.69 Å². The van der Waals surface area contributed by atoms with Crippen LogP contribution >= 0.6 is 0 Å². The molecule has 0 unspecified atom stereocenters. The normalized spacial score (nSPS) is 11.3. The maximum Gasteiger partial charge on any atom is 0.405 e. The first-order valence-corrected chi connectivity index (χ1v) is 4.60. The summed E-state index contributed by atoms with van der Waals surface area (Å²) in [6, 6.07) is 1.30. The summed E-state index contributed by atoms with van der Waals surface area (Å²) in [7, 11) is 0. The topological polar surface area (TPSA) is 66.3 Å². The van der Waals surface area contributed by atoms with Gasteiger partial charge in [0.05, 0.1) is 0 Å². The van der Waals surface area contributed by atoms with Gasteiger partial charge in [0, 0.05) is 11.8 Å². The molecule has 94 valence electrons. The van der Waals surface area contributed by atoms with Crippen molar-refractivity contribution in [1.29, 1.82) is 0 Å². The molecule has 5 nitrogen and oxygen atoms in total. The summed E-state index contributed by atoms with van der Waals surface area (Å²) in [4.78, 5) is 18.5. The molecule has 0 atom stereocenters. The van der Waals surface area contributed by atoms with Gasteiger partial charge in [-0.05, 0) is 6.92 Å². The number of aliphatic carboxylic acids is 1. The summed E-state index contributed by atoms with van der Waals surface area (Å²) in [6.45, 7) is -0.552. The fourth-order valence-corrected chi connectivity index (χ4v) is 1.21. The number of carbonyl (C=O) groups is 1. The van der Waals surface area contributed by atoms with Crippen LogP contribution in [-0.2, 0) is 4.79 Å². The summed E-state index contributed by atoms with van der Waals surface area (Å²) in [5.74, 6) is -1.41. The molecule has 0 fully saturated rings. The van der Waals surface area contributed by atoms with Crippen LogP contribution in [0, 0.1) is 6.92 Å². The fourth-order valence-electron chi connectivity index (χ4n) is 1.21. The van der Waals surface area contributed by atoms with Gasteiger partial charge in [-0.15, -0.1) is 0 Å². The molecule has 0 aliphatic heterocycles. The second-order valence-corrected chi connectivity index (χ2v) is 3.38. The van der Waals surface area contributed by atoms with Crippen molar-refractivity contribution in [2.24, 2.45) is 0 Å². The third-order valence-corrected chi connectivity index (χ3v) is 1.81. The molecule has 0 spiro atoms. The highest BCUT2D eigenvalue weighted by Gasteiger charge is 2.32. The number of hydrogen-bond acceptors (Lipinski definition) is 4. The molecular formula is C9H10F3N3O2. The first-order valence-electron chi connectivity index (χ1n) is 4.60. The van der Waals surface area contributed by atoms with Crippen molar-refractivity contribution in [3.63, 3.8) is 0 Å². The van der Waals surface area contributed by atoms with E-state index in [1.807, 2.05) is 0 Å². The number of rotatable bonds is 4. The third kappa shape index (κ3) is 4.66. The first-order chi connectivity index (χ1) is 7.78. The first kappa shape index (κ1) is 13.2. The summed E-state index contributed by atoms with van der Waals surface area (Å²) in [5.41, 5.74) is 0.465. The van der Waals surface area contributed by atoms with Gasteiger partial charge in [0.1, 0.15) is 25.2 Å². The highest BCUT2D eigenvalue weighted by atomic mass is 19.4. The van der Waals surface area contributed by atoms with Crippen molar-refractivity contribution >= 4 is 11.8 Å². The van der Waals surface area contributed by atoms with Gasteiger partial charge < -0.3 is 10.0 Å². The molecule has 1 aromatic rings. The number of carboxylic acids is 1. The Kier molecular flexibility index (Phi) is 3.87. The molecule has 0 aliphatic carbocycles. The van der Waals surface area contributed by atoms with E-state index in [1.165, 1.54) is 6.07 Å². The van der Waals surface area contributed by atoms with E-state index in [4.69, 9.17) is 5.11 Å². The van der Waals surface area contributed by atoms with E-state index in [2.05, 4.69) is 9.97 Å². The van der Waals surface area contributed by atoms with Crippen molar-refractivity contribution in [3.05, 3.63) is 18.1 Å². The molecule has 1 rings (SSSR count). The van der Waals surface area contributed by atoms with Crippen LogP contribution in [0.5, 0.6) is 0 Å². The number of halogens is 3. The Bertz CT molecular complexity index is 409.